The third-order valence-corrected chi connectivity index (χ3v) is 3.41. The Kier molecular flexibility index (Phi) is 8.72. The van der Waals surface area contributed by atoms with Gasteiger partial charge in [-0.15, -0.1) is 0 Å². The maximum absolute atomic E-state index is 11.9. The molecule has 0 heterocycles. The average Bonchev–Trinajstić information content (AvgIpc) is 2.49. The minimum Gasteiger partial charge on any atom is -0.396 e. The van der Waals surface area contributed by atoms with E-state index in [1.807, 2.05) is 24.3 Å². The zero-order valence-electron chi connectivity index (χ0n) is 12.5. The second-order valence-corrected chi connectivity index (χ2v) is 5.19. The van der Waals surface area contributed by atoms with Gasteiger partial charge in [0.25, 0.3) is 5.91 Å². The Labute approximate surface area is 122 Å². The van der Waals surface area contributed by atoms with Crippen LogP contribution >= 0.6 is 0 Å². The van der Waals surface area contributed by atoms with Crippen LogP contribution in [0.3, 0.4) is 0 Å². The van der Waals surface area contributed by atoms with Crippen LogP contribution in [0.4, 0.5) is 0 Å². The highest BCUT2D eigenvalue weighted by Crippen LogP contribution is 2.08. The van der Waals surface area contributed by atoms with Gasteiger partial charge < -0.3 is 10.4 Å². The average molecular weight is 277 g/mol. The number of unbranched alkanes of at least 4 members (excludes halogenated alkanes) is 4. The summed E-state index contributed by atoms with van der Waals surface area (Å²) in [6, 6.07) is 7.91. The van der Waals surface area contributed by atoms with Gasteiger partial charge in [0.05, 0.1) is 0 Å². The summed E-state index contributed by atoms with van der Waals surface area (Å²) in [5.41, 5.74) is 2.04. The first-order valence-electron chi connectivity index (χ1n) is 7.76. The maximum atomic E-state index is 11.9. The van der Waals surface area contributed by atoms with Crippen molar-refractivity contribution in [3.63, 3.8) is 0 Å². The molecule has 0 aromatic heterocycles. The SMILES string of the molecule is CCCCc1ccc(C(=O)NCCCCCCO)cc1. The van der Waals surface area contributed by atoms with E-state index in [-0.39, 0.29) is 12.5 Å². The molecular weight excluding hydrogens is 250 g/mol. The Hall–Kier alpha value is -1.35. The van der Waals surface area contributed by atoms with Crippen molar-refractivity contribution < 1.29 is 9.90 Å². The van der Waals surface area contributed by atoms with Crippen LogP contribution in [-0.2, 0) is 6.42 Å². The van der Waals surface area contributed by atoms with Crippen molar-refractivity contribution in [3.05, 3.63) is 35.4 Å². The van der Waals surface area contributed by atoms with E-state index in [0.29, 0.717) is 6.54 Å². The maximum Gasteiger partial charge on any atom is 0.251 e. The zero-order chi connectivity index (χ0) is 14.6. The predicted octanol–water partition coefficient (Wildman–Crippen LogP) is 3.31. The molecule has 3 nitrogen and oxygen atoms in total. The predicted molar refractivity (Wildman–Crippen MR) is 82.9 cm³/mol. The van der Waals surface area contributed by atoms with E-state index in [2.05, 4.69) is 12.2 Å². The molecule has 0 aliphatic rings. The van der Waals surface area contributed by atoms with E-state index >= 15 is 0 Å². The molecule has 0 radical (unpaired) electrons. The second-order valence-electron chi connectivity index (χ2n) is 5.19. The van der Waals surface area contributed by atoms with Gasteiger partial charge in [0.1, 0.15) is 0 Å². The number of amides is 1. The third-order valence-electron chi connectivity index (χ3n) is 3.41. The van der Waals surface area contributed by atoms with Crippen LogP contribution in [0, 0.1) is 0 Å². The fourth-order valence-corrected chi connectivity index (χ4v) is 2.10. The summed E-state index contributed by atoms with van der Waals surface area (Å²) in [6.45, 7) is 3.15. The van der Waals surface area contributed by atoms with Crippen LogP contribution in [0.1, 0.15) is 61.4 Å². The molecule has 0 saturated carbocycles. The summed E-state index contributed by atoms with van der Waals surface area (Å²) in [7, 11) is 0. The normalized spacial score (nSPS) is 10.5. The Morgan fingerprint density at radius 1 is 1.05 bits per heavy atom. The molecule has 20 heavy (non-hydrogen) atoms. The van der Waals surface area contributed by atoms with E-state index in [4.69, 9.17) is 5.11 Å². The quantitative estimate of drug-likeness (QED) is 0.645. The molecule has 0 aliphatic carbocycles. The van der Waals surface area contributed by atoms with Crippen molar-refractivity contribution in [2.75, 3.05) is 13.2 Å². The molecule has 112 valence electrons. The van der Waals surface area contributed by atoms with Gasteiger partial charge in [0, 0.05) is 18.7 Å². The van der Waals surface area contributed by atoms with Crippen molar-refractivity contribution in [1.29, 1.82) is 0 Å². The summed E-state index contributed by atoms with van der Waals surface area (Å²) < 4.78 is 0. The lowest BCUT2D eigenvalue weighted by Gasteiger charge is -2.06. The number of nitrogens with one attached hydrogen (secondary N) is 1. The highest BCUT2D eigenvalue weighted by Gasteiger charge is 2.04. The summed E-state index contributed by atoms with van der Waals surface area (Å²) in [5, 5.41) is 11.6. The first kappa shape index (κ1) is 16.7. The lowest BCUT2D eigenvalue weighted by atomic mass is 10.1. The first-order chi connectivity index (χ1) is 9.77. The lowest BCUT2D eigenvalue weighted by Crippen LogP contribution is -2.24. The number of aliphatic hydroxyl groups excluding tert-OH is 1. The largest absolute Gasteiger partial charge is 0.396 e. The number of hydrogen-bond donors (Lipinski definition) is 2. The standard InChI is InChI=1S/C17H27NO2/c1-2-3-8-15-9-11-16(12-10-15)17(20)18-13-6-4-5-7-14-19/h9-12,19H,2-8,13-14H2,1H3,(H,18,20). The number of hydrogen-bond acceptors (Lipinski definition) is 2. The fraction of sp³-hybridized carbons (Fsp3) is 0.588. The fourth-order valence-electron chi connectivity index (χ4n) is 2.10. The molecular formula is C17H27NO2. The molecule has 0 saturated heterocycles. The van der Waals surface area contributed by atoms with E-state index in [1.54, 1.807) is 0 Å². The molecule has 0 fully saturated rings. The van der Waals surface area contributed by atoms with Gasteiger partial charge in [0.2, 0.25) is 0 Å². The third kappa shape index (κ3) is 6.71. The van der Waals surface area contributed by atoms with E-state index in [1.165, 1.54) is 18.4 Å². The first-order valence-corrected chi connectivity index (χ1v) is 7.76. The molecule has 0 atom stereocenters. The number of carbonyl (C=O) groups excluding carboxylic acids is 1. The van der Waals surface area contributed by atoms with Gasteiger partial charge in [-0.25, -0.2) is 0 Å². The Balaban J connectivity index is 2.25. The minimum absolute atomic E-state index is 0.00852. The van der Waals surface area contributed by atoms with Crippen molar-refractivity contribution in [1.82, 2.24) is 5.32 Å². The van der Waals surface area contributed by atoms with Gasteiger partial charge in [-0.2, -0.15) is 0 Å². The molecule has 0 spiro atoms. The highest BCUT2D eigenvalue weighted by molar-refractivity contribution is 5.94. The molecule has 2 N–H and O–H groups in total. The van der Waals surface area contributed by atoms with Crippen molar-refractivity contribution in [3.8, 4) is 0 Å². The molecule has 0 unspecified atom stereocenters. The van der Waals surface area contributed by atoms with Gasteiger partial charge in [-0.1, -0.05) is 38.3 Å². The van der Waals surface area contributed by atoms with Gasteiger partial charge in [0.15, 0.2) is 0 Å². The number of carbonyl (C=O) groups is 1. The monoisotopic (exact) mass is 277 g/mol. The summed E-state index contributed by atoms with van der Waals surface area (Å²) in [6.07, 6.45) is 7.38. The van der Waals surface area contributed by atoms with Crippen molar-refractivity contribution in [2.45, 2.75) is 51.9 Å². The van der Waals surface area contributed by atoms with Crippen molar-refractivity contribution in [2.24, 2.45) is 0 Å². The molecule has 1 aromatic carbocycles. The number of rotatable bonds is 10. The van der Waals surface area contributed by atoms with Crippen LogP contribution in [-0.4, -0.2) is 24.2 Å². The molecule has 0 bridgehead atoms. The van der Waals surface area contributed by atoms with Crippen LogP contribution < -0.4 is 5.32 Å². The van der Waals surface area contributed by atoms with Crippen LogP contribution in [0.2, 0.25) is 0 Å². The van der Waals surface area contributed by atoms with Gasteiger partial charge in [-0.05, 0) is 43.4 Å². The Bertz CT molecular complexity index is 373. The van der Waals surface area contributed by atoms with Crippen LogP contribution in [0.5, 0.6) is 0 Å². The molecule has 3 heteroatoms. The number of aliphatic hydroxyl groups is 1. The summed E-state index contributed by atoms with van der Waals surface area (Å²) in [5.74, 6) is 0.00852. The molecule has 1 aromatic rings. The minimum atomic E-state index is 0.00852. The van der Waals surface area contributed by atoms with Gasteiger partial charge in [-0.3, -0.25) is 4.79 Å². The van der Waals surface area contributed by atoms with Crippen LogP contribution in [0.15, 0.2) is 24.3 Å². The topological polar surface area (TPSA) is 49.3 Å². The van der Waals surface area contributed by atoms with Crippen LogP contribution in [0.25, 0.3) is 0 Å². The molecule has 1 rings (SSSR count). The zero-order valence-corrected chi connectivity index (χ0v) is 12.5. The summed E-state index contributed by atoms with van der Waals surface area (Å²) in [4.78, 5) is 11.9. The van der Waals surface area contributed by atoms with Gasteiger partial charge >= 0.3 is 0 Å². The molecule has 0 aliphatic heterocycles. The lowest BCUT2D eigenvalue weighted by molar-refractivity contribution is 0.0953. The van der Waals surface area contributed by atoms with Crippen molar-refractivity contribution >= 4 is 5.91 Å². The molecule has 1 amide bonds. The second kappa shape index (κ2) is 10.4. The van der Waals surface area contributed by atoms with E-state index in [9.17, 15) is 4.79 Å². The smallest absolute Gasteiger partial charge is 0.251 e. The Morgan fingerprint density at radius 3 is 2.40 bits per heavy atom. The number of benzene rings is 1. The highest BCUT2D eigenvalue weighted by atomic mass is 16.2. The Morgan fingerprint density at radius 2 is 1.75 bits per heavy atom. The van der Waals surface area contributed by atoms with E-state index in [0.717, 1.165) is 37.7 Å². The van der Waals surface area contributed by atoms with E-state index < -0.39 is 0 Å². The summed E-state index contributed by atoms with van der Waals surface area (Å²) >= 11 is 0. The number of aryl methyl sites for hydroxylation is 1.